The Morgan fingerprint density at radius 1 is 1.33 bits per heavy atom. The lowest BCUT2D eigenvalue weighted by atomic mass is 9.92. The molecule has 0 amide bonds. The van der Waals surface area contributed by atoms with Crippen LogP contribution in [0.15, 0.2) is 18.6 Å². The third-order valence-corrected chi connectivity index (χ3v) is 4.87. The number of rotatable bonds is 3. The fraction of sp³-hybridized carbons (Fsp3) is 0.471. The Bertz CT molecular complexity index is 871. The van der Waals surface area contributed by atoms with Crippen LogP contribution >= 0.6 is 0 Å². The summed E-state index contributed by atoms with van der Waals surface area (Å²) in [6.07, 6.45) is 8.84. The van der Waals surface area contributed by atoms with E-state index in [2.05, 4.69) is 22.4 Å². The number of anilines is 1. The van der Waals surface area contributed by atoms with Crippen molar-refractivity contribution in [2.75, 3.05) is 18.8 Å². The Morgan fingerprint density at radius 3 is 2.88 bits per heavy atom. The Balaban J connectivity index is 1.91. The lowest BCUT2D eigenvalue weighted by Gasteiger charge is -2.25. The van der Waals surface area contributed by atoms with Crippen molar-refractivity contribution in [1.82, 2.24) is 29.7 Å². The topological polar surface area (TPSA) is 86.1 Å². The molecule has 1 aliphatic rings. The number of fused-ring (bicyclic) bond motifs is 1. The van der Waals surface area contributed by atoms with Gasteiger partial charge in [-0.05, 0) is 25.8 Å². The smallest absolute Gasteiger partial charge is 0.165 e. The van der Waals surface area contributed by atoms with Gasteiger partial charge in [0.2, 0.25) is 0 Å². The average Bonchev–Trinajstić information content (AvgIpc) is 3.21. The molecule has 3 aromatic rings. The molecule has 1 saturated heterocycles. The first-order valence-corrected chi connectivity index (χ1v) is 8.54. The molecule has 1 aliphatic heterocycles. The van der Waals surface area contributed by atoms with Gasteiger partial charge in [-0.15, -0.1) is 0 Å². The molecule has 0 saturated carbocycles. The number of nitrogen functional groups attached to an aromatic ring is 1. The van der Waals surface area contributed by atoms with Gasteiger partial charge in [0.05, 0.1) is 18.1 Å². The van der Waals surface area contributed by atoms with E-state index < -0.39 is 0 Å². The number of nitrogens with zero attached hydrogens (tertiary/aromatic N) is 5. The molecule has 7 heteroatoms. The molecule has 4 rings (SSSR count). The summed E-state index contributed by atoms with van der Waals surface area (Å²) in [5.41, 5.74) is 11.5. The van der Waals surface area contributed by atoms with Gasteiger partial charge in [0.25, 0.3) is 0 Å². The summed E-state index contributed by atoms with van der Waals surface area (Å²) in [7, 11) is 1.91. The zero-order valence-electron chi connectivity index (χ0n) is 14.2. The van der Waals surface area contributed by atoms with Crippen molar-refractivity contribution < 1.29 is 0 Å². The second-order valence-corrected chi connectivity index (χ2v) is 6.45. The average molecular weight is 325 g/mol. The quantitative estimate of drug-likeness (QED) is 0.766. The molecule has 3 N–H and O–H groups in total. The van der Waals surface area contributed by atoms with Crippen LogP contribution < -0.4 is 11.1 Å². The number of aryl methyl sites for hydroxylation is 1. The highest BCUT2D eigenvalue weighted by Gasteiger charge is 2.24. The Hall–Kier alpha value is -2.41. The molecule has 126 valence electrons. The van der Waals surface area contributed by atoms with Gasteiger partial charge >= 0.3 is 0 Å². The van der Waals surface area contributed by atoms with E-state index in [9.17, 15) is 0 Å². The van der Waals surface area contributed by atoms with Crippen LogP contribution in [0.25, 0.3) is 16.8 Å². The summed E-state index contributed by atoms with van der Waals surface area (Å²) in [5, 5.41) is 12.2. The van der Waals surface area contributed by atoms with E-state index in [1.54, 1.807) is 9.20 Å². The van der Waals surface area contributed by atoms with Crippen molar-refractivity contribution in [2.24, 2.45) is 7.05 Å². The fourth-order valence-electron chi connectivity index (χ4n) is 3.62. The second kappa shape index (κ2) is 5.90. The molecule has 0 aromatic carbocycles. The fourth-order valence-corrected chi connectivity index (χ4v) is 3.62. The lowest BCUT2D eigenvalue weighted by molar-refractivity contribution is 0.452. The van der Waals surface area contributed by atoms with Crippen LogP contribution in [0.1, 0.15) is 36.9 Å². The van der Waals surface area contributed by atoms with Gasteiger partial charge in [-0.25, -0.2) is 4.98 Å². The molecule has 0 bridgehead atoms. The molecule has 3 aromatic heterocycles. The molecule has 7 nitrogen and oxygen atoms in total. The highest BCUT2D eigenvalue weighted by Crippen LogP contribution is 2.32. The van der Waals surface area contributed by atoms with Gasteiger partial charge in [0.15, 0.2) is 5.65 Å². The van der Waals surface area contributed by atoms with Gasteiger partial charge in [0, 0.05) is 42.4 Å². The van der Waals surface area contributed by atoms with Crippen molar-refractivity contribution in [3.63, 3.8) is 0 Å². The van der Waals surface area contributed by atoms with Crippen molar-refractivity contribution in [2.45, 2.75) is 32.1 Å². The highest BCUT2D eigenvalue weighted by atomic mass is 15.3. The maximum atomic E-state index is 6.45. The van der Waals surface area contributed by atoms with E-state index in [0.29, 0.717) is 11.7 Å². The third-order valence-electron chi connectivity index (χ3n) is 4.87. The largest absolute Gasteiger partial charge is 0.383 e. The van der Waals surface area contributed by atoms with E-state index >= 15 is 0 Å². The van der Waals surface area contributed by atoms with Crippen LogP contribution in [0.5, 0.6) is 0 Å². The molecule has 4 heterocycles. The van der Waals surface area contributed by atoms with Crippen molar-refractivity contribution in [1.29, 1.82) is 0 Å². The third kappa shape index (κ3) is 2.36. The number of nitrogens with one attached hydrogen (secondary N) is 1. The Morgan fingerprint density at radius 2 is 2.21 bits per heavy atom. The predicted octanol–water partition coefficient (Wildman–Crippen LogP) is 1.74. The van der Waals surface area contributed by atoms with Gasteiger partial charge < -0.3 is 11.1 Å². The Labute approximate surface area is 140 Å². The number of nitrogens with two attached hydrogens (primary N) is 1. The first-order valence-electron chi connectivity index (χ1n) is 8.54. The summed E-state index contributed by atoms with van der Waals surface area (Å²) < 4.78 is 3.55. The first-order chi connectivity index (χ1) is 11.7. The van der Waals surface area contributed by atoms with Crippen LogP contribution in [0.4, 0.5) is 5.82 Å². The Kier molecular flexibility index (Phi) is 3.72. The van der Waals surface area contributed by atoms with Gasteiger partial charge in [-0.3, -0.25) is 4.68 Å². The minimum absolute atomic E-state index is 0.414. The minimum atomic E-state index is 0.414. The molecule has 0 aliphatic carbocycles. The van der Waals surface area contributed by atoms with Crippen LogP contribution in [0.3, 0.4) is 0 Å². The zero-order valence-corrected chi connectivity index (χ0v) is 14.2. The van der Waals surface area contributed by atoms with Crippen molar-refractivity contribution in [3.05, 3.63) is 29.8 Å². The SMILES string of the molecule is CCc1c(C2CCCNC2)nc2c(-c3cnn(C)c3)cnn2c1N. The van der Waals surface area contributed by atoms with Gasteiger partial charge in [0.1, 0.15) is 5.82 Å². The zero-order chi connectivity index (χ0) is 16.7. The molecule has 0 spiro atoms. The monoisotopic (exact) mass is 325 g/mol. The van der Waals surface area contributed by atoms with E-state index in [1.807, 2.05) is 25.6 Å². The maximum Gasteiger partial charge on any atom is 0.165 e. The number of aromatic nitrogens is 5. The molecule has 1 atom stereocenters. The number of hydrogen-bond donors (Lipinski definition) is 2. The van der Waals surface area contributed by atoms with E-state index in [4.69, 9.17) is 10.7 Å². The second-order valence-electron chi connectivity index (χ2n) is 6.45. The molecule has 0 radical (unpaired) electrons. The molecule has 24 heavy (non-hydrogen) atoms. The molecular weight excluding hydrogens is 302 g/mol. The predicted molar refractivity (Wildman–Crippen MR) is 93.8 cm³/mol. The molecule has 1 fully saturated rings. The summed E-state index contributed by atoms with van der Waals surface area (Å²) >= 11 is 0. The maximum absolute atomic E-state index is 6.45. The van der Waals surface area contributed by atoms with E-state index in [0.717, 1.165) is 54.0 Å². The lowest BCUT2D eigenvalue weighted by Crippen LogP contribution is -2.30. The van der Waals surface area contributed by atoms with Crippen LogP contribution in [0.2, 0.25) is 0 Å². The first kappa shape index (κ1) is 15.1. The van der Waals surface area contributed by atoms with Gasteiger partial charge in [-0.2, -0.15) is 14.7 Å². The van der Waals surface area contributed by atoms with E-state index in [-0.39, 0.29) is 0 Å². The standard InChI is InChI=1S/C17H23N7/c1-3-13-15(11-5-4-6-19-7-11)22-17-14(9-21-24(17)16(13)18)12-8-20-23(2)10-12/h8-11,19H,3-7,18H2,1-2H3. The van der Waals surface area contributed by atoms with Crippen molar-refractivity contribution >= 4 is 11.5 Å². The molecule has 1 unspecified atom stereocenters. The van der Waals surface area contributed by atoms with Crippen LogP contribution in [-0.4, -0.2) is 37.5 Å². The summed E-state index contributed by atoms with van der Waals surface area (Å²) in [6, 6.07) is 0. The number of piperidine rings is 1. The van der Waals surface area contributed by atoms with Crippen LogP contribution in [0, 0.1) is 0 Å². The highest BCUT2D eigenvalue weighted by molar-refractivity contribution is 5.77. The summed E-state index contributed by atoms with van der Waals surface area (Å²) in [4.78, 5) is 5.02. The van der Waals surface area contributed by atoms with Gasteiger partial charge in [-0.1, -0.05) is 6.92 Å². The van der Waals surface area contributed by atoms with Crippen molar-refractivity contribution in [3.8, 4) is 11.1 Å². The summed E-state index contributed by atoms with van der Waals surface area (Å²) in [5.74, 6) is 1.12. The molecular formula is C17H23N7. The number of hydrogen-bond acceptors (Lipinski definition) is 5. The normalized spacial score (nSPS) is 18.3. The van der Waals surface area contributed by atoms with Crippen LogP contribution in [-0.2, 0) is 13.5 Å². The minimum Gasteiger partial charge on any atom is -0.383 e. The summed E-state index contributed by atoms with van der Waals surface area (Å²) in [6.45, 7) is 4.18. The van der Waals surface area contributed by atoms with E-state index in [1.165, 1.54) is 6.42 Å².